The summed E-state index contributed by atoms with van der Waals surface area (Å²) in [7, 11) is 0. The summed E-state index contributed by atoms with van der Waals surface area (Å²) < 4.78 is 26.6. The Hall–Kier alpha value is -3.57. The van der Waals surface area contributed by atoms with Crippen molar-refractivity contribution in [2.24, 2.45) is 23.2 Å². The Kier molecular flexibility index (Phi) is 30.2. The van der Waals surface area contributed by atoms with Crippen LogP contribution in [-0.4, -0.2) is 137 Å². The first kappa shape index (κ1) is 69.9. The zero-order valence-corrected chi connectivity index (χ0v) is 54.7. The van der Waals surface area contributed by atoms with Gasteiger partial charge in [-0.2, -0.15) is 6.92 Å². The normalized spacial score (nSPS) is 16.4. The standard InChI is InChI=1S/C63H100N7O8.C2H5.Y/c1-44(2)16-11-17-45(3)18-12-19-46(4)20-13-27-63(10)28-25-52-49(7)59(47(5)48(6)60(52)78-63)77-35-15-22-55(73)65-29-37-76-39-38-75-36-26-56(74)69-33-31-68(32-34-69)30-14-21-51-23-24-53-54(40-51)67-61(64)57-58(53)70(50(8)66-57)41-62(9,42-71)43-72;1-2;/h23-24,40,44-46,71-72H,8,11-22,25-39,41-43H2,1-7,9-10H3,(H2,64,67)(H,65,73);1H2,2H3;/q2*-1;/t45-,46-,63-;;/m1../s1. The number of nitrogen functional groups attached to an aromatic ring is 1. The average molecular weight is 1200 g/mol. The molecule has 6 rings (SSSR count). The van der Waals surface area contributed by atoms with E-state index >= 15 is 0 Å². The maximum atomic E-state index is 13.0. The van der Waals surface area contributed by atoms with Crippen LogP contribution in [0.25, 0.3) is 21.9 Å². The molecule has 2 amide bonds. The summed E-state index contributed by atoms with van der Waals surface area (Å²) in [6, 6.07) is 6.24. The topological polar surface area (TPSA) is 187 Å². The van der Waals surface area contributed by atoms with Crippen LogP contribution in [0.1, 0.15) is 172 Å². The summed E-state index contributed by atoms with van der Waals surface area (Å²) in [6.45, 7) is 35.6. The van der Waals surface area contributed by atoms with Crippen molar-refractivity contribution in [3.8, 4) is 11.5 Å². The predicted molar refractivity (Wildman–Crippen MR) is 325 cm³/mol. The van der Waals surface area contributed by atoms with Gasteiger partial charge in [0.05, 0.1) is 63.7 Å². The second-order valence-corrected chi connectivity index (χ2v) is 24.3. The molecular formula is C65H105N7O8Y-2. The zero-order valence-electron chi connectivity index (χ0n) is 51.8. The number of fused-ring (bicyclic) bond motifs is 4. The molecule has 5 N–H and O–H groups in total. The quantitative estimate of drug-likeness (QED) is 0.0257. The minimum atomic E-state index is -0.744. The van der Waals surface area contributed by atoms with E-state index in [2.05, 4.69) is 108 Å². The maximum absolute atomic E-state index is 13.0. The summed E-state index contributed by atoms with van der Waals surface area (Å²) in [5, 5.41) is 23.8. The molecule has 0 saturated carbocycles. The average Bonchev–Trinajstić information content (AvgIpc) is 4.07. The number of nitrogens with one attached hydrogen (secondary N) is 1. The van der Waals surface area contributed by atoms with E-state index in [9.17, 15) is 19.8 Å². The molecule has 1 fully saturated rings. The van der Waals surface area contributed by atoms with Crippen LogP contribution >= 0.6 is 0 Å². The Morgan fingerprint density at radius 2 is 1.49 bits per heavy atom. The monoisotopic (exact) mass is 1200 g/mol. The molecule has 15 nitrogen and oxygen atoms in total. The second kappa shape index (κ2) is 35.0. The summed E-state index contributed by atoms with van der Waals surface area (Å²) in [4.78, 5) is 39.2. The number of ether oxygens (including phenoxy) is 4. The van der Waals surface area contributed by atoms with Gasteiger partial charge in [-0.25, -0.2) is 4.98 Å². The van der Waals surface area contributed by atoms with Crippen LogP contribution in [0, 0.1) is 57.8 Å². The molecule has 0 spiro atoms. The van der Waals surface area contributed by atoms with E-state index in [1.165, 1.54) is 56.9 Å². The van der Waals surface area contributed by atoms with Gasteiger partial charge < -0.3 is 63.5 Å². The minimum Gasteiger partial charge on any atom is -0.493 e. The van der Waals surface area contributed by atoms with Gasteiger partial charge in [-0.3, -0.25) is 19.5 Å². The number of carbonyl (C=O) groups excluding carboxylic acids is 2. The molecule has 1 radical (unpaired) electrons. The van der Waals surface area contributed by atoms with E-state index in [4.69, 9.17) is 24.7 Å². The molecule has 2 aliphatic rings. The predicted octanol–water partition coefficient (Wildman–Crippen LogP) is 11.1. The molecule has 16 heteroatoms. The van der Waals surface area contributed by atoms with Crippen LogP contribution in [0.2, 0.25) is 0 Å². The van der Waals surface area contributed by atoms with E-state index in [1.807, 2.05) is 16.4 Å². The first-order valence-corrected chi connectivity index (χ1v) is 30.5. The van der Waals surface area contributed by atoms with Crippen molar-refractivity contribution in [2.45, 2.75) is 184 Å². The number of benzene rings is 2. The molecule has 0 unspecified atom stereocenters. The van der Waals surface area contributed by atoms with Gasteiger partial charge in [-0.05, 0) is 131 Å². The number of amides is 2. The third-order valence-corrected chi connectivity index (χ3v) is 16.8. The minimum absolute atomic E-state index is 0. The van der Waals surface area contributed by atoms with Crippen LogP contribution in [0.4, 0.5) is 5.82 Å². The zero-order chi connectivity index (χ0) is 58.4. The molecule has 81 heavy (non-hydrogen) atoms. The fourth-order valence-electron chi connectivity index (χ4n) is 11.5. The number of nitrogens with zero attached hydrogens (tertiary/aromatic N) is 5. The van der Waals surface area contributed by atoms with Crippen molar-refractivity contribution in [3.63, 3.8) is 0 Å². The van der Waals surface area contributed by atoms with Crippen molar-refractivity contribution in [1.29, 1.82) is 0 Å². The molecule has 0 aliphatic carbocycles. The first-order valence-electron chi connectivity index (χ1n) is 30.5. The molecule has 2 aromatic carbocycles. The summed E-state index contributed by atoms with van der Waals surface area (Å²) >= 11 is 0. The number of hydrogen-bond acceptors (Lipinski definition) is 12. The number of anilines is 1. The van der Waals surface area contributed by atoms with Gasteiger partial charge in [0.15, 0.2) is 5.82 Å². The van der Waals surface area contributed by atoms with Gasteiger partial charge in [-0.15, -0.1) is 0 Å². The third-order valence-electron chi connectivity index (χ3n) is 16.8. The molecule has 4 heterocycles. The number of aliphatic hydroxyl groups is 2. The molecule has 2 aliphatic heterocycles. The van der Waals surface area contributed by atoms with Gasteiger partial charge in [-0.1, -0.05) is 91.7 Å². The van der Waals surface area contributed by atoms with Crippen molar-refractivity contribution >= 4 is 39.6 Å². The third kappa shape index (κ3) is 21.2. The van der Waals surface area contributed by atoms with E-state index in [0.29, 0.717) is 95.6 Å². The second-order valence-electron chi connectivity index (χ2n) is 24.3. The Balaban J connectivity index is 0.00000465. The van der Waals surface area contributed by atoms with E-state index in [-0.39, 0.29) is 63.3 Å². The number of pyridine rings is 1. The van der Waals surface area contributed by atoms with Gasteiger partial charge in [0.2, 0.25) is 11.8 Å². The molecule has 3 atom stereocenters. The van der Waals surface area contributed by atoms with E-state index in [1.54, 1.807) is 6.92 Å². The van der Waals surface area contributed by atoms with E-state index < -0.39 is 5.41 Å². The largest absolute Gasteiger partial charge is 0.493 e. The van der Waals surface area contributed by atoms with Crippen LogP contribution in [0.15, 0.2) is 18.2 Å². The number of imidazole rings is 1. The van der Waals surface area contributed by atoms with Crippen LogP contribution in [0.3, 0.4) is 0 Å². The SMILES string of the molecule is [CH2-]C.[CH2-]c1nc2c(N)nc3cc(CCCN4CCN(C(=O)CCOCCOCCNC(=O)CCCOc5c(C)c(C)c6c(c5C)CC[C@@](C)(CCC[C@H](C)CCC[C@H](C)CCCC(C)C)O6)CC4)ccc3c2n1CC(C)(CO)CO.[Y]. The number of piperazine rings is 1. The number of aliphatic hydroxyl groups excluding tert-OH is 2. The summed E-state index contributed by atoms with van der Waals surface area (Å²) in [5.41, 5.74) is 13.5. The van der Waals surface area contributed by atoms with Crippen LogP contribution in [-0.2, 0) is 71.2 Å². The van der Waals surface area contributed by atoms with Crippen LogP contribution in [0.5, 0.6) is 11.5 Å². The van der Waals surface area contributed by atoms with Gasteiger partial charge in [0, 0.05) is 94.8 Å². The molecule has 453 valence electrons. The van der Waals surface area contributed by atoms with Crippen molar-refractivity contribution in [2.75, 3.05) is 91.3 Å². The van der Waals surface area contributed by atoms with E-state index in [0.717, 1.165) is 120 Å². The fraction of sp³-hybridized carbons (Fsp3) is 0.692. The Labute approximate surface area is 513 Å². The number of hydrogen-bond donors (Lipinski definition) is 4. The number of aromatic nitrogens is 3. The van der Waals surface area contributed by atoms with Gasteiger partial charge in [0.25, 0.3) is 0 Å². The Morgan fingerprint density at radius 3 is 2.16 bits per heavy atom. The number of rotatable bonds is 34. The number of aryl methyl sites for hydroxylation is 1. The fourth-order valence-corrected chi connectivity index (χ4v) is 11.5. The molecule has 4 aromatic rings. The first-order chi connectivity index (χ1) is 38.3. The molecule has 0 bridgehead atoms. The molecule has 1 saturated heterocycles. The molecule has 2 aromatic heterocycles. The van der Waals surface area contributed by atoms with Crippen LogP contribution < -0.4 is 20.5 Å². The van der Waals surface area contributed by atoms with Gasteiger partial charge >= 0.3 is 0 Å². The Morgan fingerprint density at radius 1 is 0.840 bits per heavy atom. The van der Waals surface area contributed by atoms with Gasteiger partial charge in [0.1, 0.15) is 22.6 Å². The summed E-state index contributed by atoms with van der Waals surface area (Å²) in [6.07, 6.45) is 16.9. The Bertz CT molecular complexity index is 2540. The van der Waals surface area contributed by atoms with Crippen molar-refractivity contribution < 1.29 is 71.5 Å². The maximum Gasteiger partial charge on any atom is 0.224 e. The molecular weight excluding hydrogens is 1100 g/mol. The number of nitrogens with two attached hydrogens (primary N) is 1. The smallest absolute Gasteiger partial charge is 0.224 e. The number of carbonyl (C=O) groups is 2. The van der Waals surface area contributed by atoms with Crippen molar-refractivity contribution in [1.82, 2.24) is 29.7 Å². The summed E-state index contributed by atoms with van der Waals surface area (Å²) in [5.74, 6) is 5.33. The van der Waals surface area contributed by atoms with Crippen molar-refractivity contribution in [3.05, 3.63) is 65.7 Å².